The van der Waals surface area contributed by atoms with Gasteiger partial charge in [0.15, 0.2) is 0 Å². The fraction of sp³-hybridized carbons (Fsp3) is 0.448. The van der Waals surface area contributed by atoms with Crippen LogP contribution in [0.5, 0.6) is 0 Å². The first-order valence-electron chi connectivity index (χ1n) is 13.1. The second-order valence-corrected chi connectivity index (χ2v) is 10.9. The minimum atomic E-state index is -1.45. The molecule has 210 valence electrons. The Kier molecular flexibility index (Phi) is 8.97. The van der Waals surface area contributed by atoms with E-state index in [0.717, 1.165) is 0 Å². The molecule has 10 heteroatoms. The number of halogens is 3. The van der Waals surface area contributed by atoms with Crippen LogP contribution in [0.4, 0.5) is 18.0 Å². The Morgan fingerprint density at radius 2 is 1.77 bits per heavy atom. The molecule has 3 aromatic rings. The van der Waals surface area contributed by atoms with Gasteiger partial charge in [-0.15, -0.1) is 0 Å². The van der Waals surface area contributed by atoms with Crippen LogP contribution in [0.15, 0.2) is 54.7 Å². The lowest BCUT2D eigenvalue weighted by Crippen LogP contribution is -2.53. The summed E-state index contributed by atoms with van der Waals surface area (Å²) in [5, 5.41) is 0. The first-order chi connectivity index (χ1) is 18.6. The molecule has 1 aromatic heterocycles. The Morgan fingerprint density at radius 3 is 2.38 bits per heavy atom. The zero-order chi connectivity index (χ0) is 28.2. The van der Waals surface area contributed by atoms with Gasteiger partial charge in [-0.3, -0.25) is 0 Å². The summed E-state index contributed by atoms with van der Waals surface area (Å²) in [6.07, 6.45) is 0.315. The van der Waals surface area contributed by atoms with Crippen LogP contribution in [0.1, 0.15) is 38.2 Å². The number of hydrogen-bond donors (Lipinski definition) is 1. The third kappa shape index (κ3) is 6.99. The van der Waals surface area contributed by atoms with Crippen molar-refractivity contribution in [3.05, 3.63) is 77.8 Å². The number of amides is 2. The van der Waals surface area contributed by atoms with Crippen LogP contribution in [0, 0.1) is 17.0 Å². The predicted octanol–water partition coefficient (Wildman–Crippen LogP) is 5.01. The van der Waals surface area contributed by atoms with Crippen molar-refractivity contribution in [2.24, 2.45) is 11.1 Å². The van der Waals surface area contributed by atoms with Gasteiger partial charge in [0, 0.05) is 37.9 Å². The van der Waals surface area contributed by atoms with E-state index in [1.807, 2.05) is 25.3 Å². The molecule has 0 bridgehead atoms. The quantitative estimate of drug-likeness (QED) is 0.433. The average molecular weight is 544 g/mol. The highest BCUT2D eigenvalue weighted by Gasteiger charge is 2.41. The summed E-state index contributed by atoms with van der Waals surface area (Å²) in [5.74, 6) is -0.301. The number of urea groups is 1. The monoisotopic (exact) mass is 543 g/mol. The smallest absolute Gasteiger partial charge is 0.320 e. The lowest BCUT2D eigenvalue weighted by atomic mass is 9.84. The fourth-order valence-electron chi connectivity index (χ4n) is 4.91. The lowest BCUT2D eigenvalue weighted by molar-refractivity contribution is 0.0233. The van der Waals surface area contributed by atoms with E-state index in [1.165, 1.54) is 29.2 Å². The fourth-order valence-corrected chi connectivity index (χ4v) is 4.91. The molecule has 1 saturated heterocycles. The number of aromatic nitrogens is 2. The van der Waals surface area contributed by atoms with E-state index < -0.39 is 23.4 Å². The largest absolute Gasteiger partial charge is 0.378 e. The van der Waals surface area contributed by atoms with Gasteiger partial charge in [-0.05, 0) is 35.2 Å². The summed E-state index contributed by atoms with van der Waals surface area (Å²) in [7, 11) is 0. The van der Waals surface area contributed by atoms with Crippen molar-refractivity contribution in [2.75, 3.05) is 39.4 Å². The molecular formula is C29H36F3N5O2. The topological polar surface area (TPSA) is 76.6 Å². The summed E-state index contributed by atoms with van der Waals surface area (Å²) in [4.78, 5) is 22.0. The molecule has 0 unspecified atom stereocenters. The summed E-state index contributed by atoms with van der Waals surface area (Å²) >= 11 is 0. The van der Waals surface area contributed by atoms with Gasteiger partial charge in [0.05, 0.1) is 31.5 Å². The number of carbonyl (C=O) groups excluding carboxylic acids is 1. The van der Waals surface area contributed by atoms with Crippen molar-refractivity contribution < 1.29 is 22.7 Å². The van der Waals surface area contributed by atoms with Gasteiger partial charge < -0.3 is 24.8 Å². The van der Waals surface area contributed by atoms with Crippen LogP contribution in [0.2, 0.25) is 0 Å². The van der Waals surface area contributed by atoms with Crippen molar-refractivity contribution in [3.8, 4) is 11.3 Å². The number of imidazole rings is 1. The number of rotatable bonds is 8. The molecule has 4 rings (SSSR count). The molecule has 0 aliphatic carbocycles. The van der Waals surface area contributed by atoms with Crippen LogP contribution in [0.25, 0.3) is 11.3 Å². The second kappa shape index (κ2) is 12.2. The third-order valence-electron chi connectivity index (χ3n) is 6.72. The summed E-state index contributed by atoms with van der Waals surface area (Å²) in [6, 6.07) is 11.3. The molecular weight excluding hydrogens is 507 g/mol. The highest BCUT2D eigenvalue weighted by molar-refractivity contribution is 5.75. The highest BCUT2D eigenvalue weighted by atomic mass is 19.1. The normalized spacial score (nSPS) is 15.7. The van der Waals surface area contributed by atoms with Crippen LogP contribution >= 0.6 is 0 Å². The van der Waals surface area contributed by atoms with E-state index in [9.17, 15) is 18.0 Å². The second-order valence-electron chi connectivity index (χ2n) is 10.9. The number of ether oxygens (including phenoxy) is 1. The Bertz CT molecular complexity index is 1270. The number of hydrogen-bond acceptors (Lipinski definition) is 4. The Hall–Kier alpha value is -3.37. The van der Waals surface area contributed by atoms with E-state index in [4.69, 9.17) is 15.5 Å². The molecule has 0 spiro atoms. The van der Waals surface area contributed by atoms with Gasteiger partial charge in [-0.25, -0.2) is 22.9 Å². The van der Waals surface area contributed by atoms with Crippen molar-refractivity contribution in [3.63, 3.8) is 0 Å². The summed E-state index contributed by atoms with van der Waals surface area (Å²) < 4.78 is 50.3. The van der Waals surface area contributed by atoms with Crippen LogP contribution < -0.4 is 5.73 Å². The van der Waals surface area contributed by atoms with E-state index >= 15 is 0 Å². The van der Waals surface area contributed by atoms with E-state index in [1.54, 1.807) is 35.4 Å². The van der Waals surface area contributed by atoms with Crippen LogP contribution in [0.3, 0.4) is 0 Å². The molecule has 2 aromatic carbocycles. The summed E-state index contributed by atoms with van der Waals surface area (Å²) in [5.41, 5.74) is 6.78. The minimum absolute atomic E-state index is 0.225. The van der Waals surface area contributed by atoms with E-state index in [2.05, 4.69) is 0 Å². The van der Waals surface area contributed by atoms with Crippen molar-refractivity contribution >= 4 is 6.03 Å². The van der Waals surface area contributed by atoms with Gasteiger partial charge in [0.25, 0.3) is 0 Å². The van der Waals surface area contributed by atoms with Crippen molar-refractivity contribution in [1.82, 2.24) is 19.4 Å². The highest BCUT2D eigenvalue weighted by Crippen LogP contribution is 2.40. The number of morpholine rings is 1. The number of nitrogens with zero attached hydrogens (tertiary/aromatic N) is 4. The van der Waals surface area contributed by atoms with Gasteiger partial charge in [0.2, 0.25) is 0 Å². The van der Waals surface area contributed by atoms with Crippen molar-refractivity contribution in [1.29, 1.82) is 0 Å². The number of nitrogens with two attached hydrogens (primary N) is 1. The van der Waals surface area contributed by atoms with Crippen molar-refractivity contribution in [2.45, 2.75) is 39.5 Å². The molecule has 2 atom stereocenters. The Balaban J connectivity index is 1.86. The minimum Gasteiger partial charge on any atom is -0.378 e. The average Bonchev–Trinajstić information content (AvgIpc) is 3.30. The molecule has 1 fully saturated rings. The molecule has 7 nitrogen and oxygen atoms in total. The summed E-state index contributed by atoms with van der Waals surface area (Å²) in [6.45, 7) is 7.21. The third-order valence-corrected chi connectivity index (χ3v) is 6.72. The zero-order valence-electron chi connectivity index (χ0n) is 22.6. The molecule has 0 saturated carbocycles. The molecule has 1 aliphatic heterocycles. The van der Waals surface area contributed by atoms with Crippen LogP contribution in [-0.4, -0.2) is 70.9 Å². The molecule has 2 N–H and O–H groups in total. The molecule has 1 aliphatic rings. The molecule has 2 amide bonds. The Morgan fingerprint density at radius 1 is 1.10 bits per heavy atom. The predicted molar refractivity (Wildman–Crippen MR) is 144 cm³/mol. The van der Waals surface area contributed by atoms with Crippen LogP contribution in [-0.2, 0) is 11.3 Å². The molecule has 2 heterocycles. The lowest BCUT2D eigenvalue weighted by Gasteiger charge is -2.43. The maximum absolute atomic E-state index is 14.9. The first kappa shape index (κ1) is 28.6. The van der Waals surface area contributed by atoms with Gasteiger partial charge in [-0.2, -0.15) is 0 Å². The SMILES string of the molecule is CC(C)(C)[C@H](c1nc(-c2cccc(F)c2)cn1Cc1cccc(F)c1)N(C[C@@H](F)CN)C(=O)N1CCOCC1. The van der Waals surface area contributed by atoms with E-state index in [0.29, 0.717) is 48.9 Å². The molecule has 0 radical (unpaired) electrons. The van der Waals surface area contributed by atoms with Gasteiger partial charge in [0.1, 0.15) is 23.6 Å². The Labute approximate surface area is 227 Å². The van der Waals surface area contributed by atoms with Gasteiger partial charge >= 0.3 is 6.03 Å². The van der Waals surface area contributed by atoms with Gasteiger partial charge in [-0.1, -0.05) is 45.0 Å². The zero-order valence-corrected chi connectivity index (χ0v) is 22.6. The standard InChI is InChI=1S/C29H36F3N5O2/c1-29(2,3)26(37(18-24(32)16-33)28(38)35-10-12-39-13-11-35)27-34-25(21-7-5-9-23(31)15-21)19-36(27)17-20-6-4-8-22(30)14-20/h4-9,14-15,19,24,26H,10-13,16-18,33H2,1-3H3/t24-,26-/m0/s1. The number of benzene rings is 2. The maximum atomic E-state index is 14.9. The van der Waals surface area contributed by atoms with E-state index in [-0.39, 0.29) is 31.5 Å². The maximum Gasteiger partial charge on any atom is 0.320 e. The molecule has 39 heavy (non-hydrogen) atoms. The number of alkyl halides is 1. The first-order valence-corrected chi connectivity index (χ1v) is 13.1. The number of carbonyl (C=O) groups is 1.